The first-order valence-electron chi connectivity index (χ1n) is 10.3. The van der Waals surface area contributed by atoms with E-state index in [1.54, 1.807) is 19.9 Å². The molecule has 0 N–H and O–H groups in total. The summed E-state index contributed by atoms with van der Waals surface area (Å²) in [5.74, 6) is 0.100. The second-order valence-electron chi connectivity index (χ2n) is 7.30. The summed E-state index contributed by atoms with van der Waals surface area (Å²) in [4.78, 5) is 21.6. The lowest BCUT2D eigenvalue weighted by molar-refractivity contribution is 0.0524. The van der Waals surface area contributed by atoms with Crippen LogP contribution in [0, 0.1) is 25.2 Å². The molecule has 3 heterocycles. The molecule has 0 aliphatic carbocycles. The minimum Gasteiger partial charge on any atom is -0.462 e. The quantitative estimate of drug-likeness (QED) is 0.296. The first kappa shape index (κ1) is 21.6. The van der Waals surface area contributed by atoms with Gasteiger partial charge in [-0.3, -0.25) is 0 Å². The van der Waals surface area contributed by atoms with Gasteiger partial charge in [0.05, 0.1) is 34.8 Å². The molecule has 32 heavy (non-hydrogen) atoms. The summed E-state index contributed by atoms with van der Waals surface area (Å²) in [6, 6.07) is 17.8. The molecule has 1 aromatic carbocycles. The van der Waals surface area contributed by atoms with Crippen LogP contribution in [0.5, 0.6) is 0 Å². The van der Waals surface area contributed by atoms with Crippen molar-refractivity contribution < 1.29 is 9.53 Å². The normalized spacial score (nSPS) is 10.8. The monoisotopic (exact) mass is 442 g/mol. The third-order valence-corrected chi connectivity index (χ3v) is 6.05. The standard InChI is InChI=1S/C25H22N4O2S/c1-4-31-25(30)20-12-19(13-26)24(27-17(20)3)32-15-21-23(18-8-6-5-7-9-18)28-22-11-10-16(2)14-29(21)22/h5-12,14H,4,15H2,1-3H3. The van der Waals surface area contributed by atoms with Gasteiger partial charge < -0.3 is 9.14 Å². The Morgan fingerprint density at radius 1 is 1.16 bits per heavy atom. The van der Waals surface area contributed by atoms with E-state index in [0.717, 1.165) is 28.2 Å². The predicted octanol–water partition coefficient (Wildman–Crippen LogP) is 5.35. The maximum absolute atomic E-state index is 12.2. The van der Waals surface area contributed by atoms with Crippen molar-refractivity contribution in [1.29, 1.82) is 5.26 Å². The molecule has 4 rings (SSSR count). The average Bonchev–Trinajstić information content (AvgIpc) is 3.16. The maximum atomic E-state index is 12.2. The van der Waals surface area contributed by atoms with Crippen molar-refractivity contribution >= 4 is 23.4 Å². The molecule has 4 aromatic rings. The molecule has 0 aliphatic heterocycles. The van der Waals surface area contributed by atoms with E-state index in [1.807, 2.05) is 49.4 Å². The van der Waals surface area contributed by atoms with Crippen LogP contribution in [0.3, 0.4) is 0 Å². The number of pyridine rings is 2. The van der Waals surface area contributed by atoms with Crippen molar-refractivity contribution in [1.82, 2.24) is 14.4 Å². The Bertz CT molecular complexity index is 1340. The van der Waals surface area contributed by atoms with Crippen LogP contribution >= 0.6 is 11.8 Å². The second-order valence-corrected chi connectivity index (χ2v) is 8.27. The molecule has 0 spiro atoms. The number of fused-ring (bicyclic) bond motifs is 1. The number of hydrogen-bond acceptors (Lipinski definition) is 6. The molecule has 0 bridgehead atoms. The Morgan fingerprint density at radius 3 is 2.66 bits per heavy atom. The van der Waals surface area contributed by atoms with E-state index in [4.69, 9.17) is 9.72 Å². The lowest BCUT2D eigenvalue weighted by atomic mass is 10.1. The van der Waals surface area contributed by atoms with E-state index in [9.17, 15) is 10.1 Å². The number of nitrogens with zero attached hydrogens (tertiary/aromatic N) is 4. The first-order chi connectivity index (χ1) is 15.5. The smallest absolute Gasteiger partial charge is 0.340 e. The molecule has 0 aliphatic rings. The van der Waals surface area contributed by atoms with Gasteiger partial charge in [-0.1, -0.05) is 48.2 Å². The van der Waals surface area contributed by atoms with Gasteiger partial charge in [0.2, 0.25) is 0 Å². The minimum absolute atomic E-state index is 0.270. The molecule has 6 nitrogen and oxygen atoms in total. The molecule has 0 saturated heterocycles. The Hall–Kier alpha value is -3.63. The largest absolute Gasteiger partial charge is 0.462 e. The summed E-state index contributed by atoms with van der Waals surface area (Å²) in [6.45, 7) is 5.82. The van der Waals surface area contributed by atoms with Gasteiger partial charge in [0.15, 0.2) is 0 Å². The molecule has 0 atom stereocenters. The number of aromatic nitrogens is 3. The summed E-state index contributed by atoms with van der Waals surface area (Å²) in [6.07, 6.45) is 2.07. The molecule has 0 amide bonds. The fourth-order valence-electron chi connectivity index (χ4n) is 3.49. The lowest BCUT2D eigenvalue weighted by Crippen LogP contribution is -2.09. The third kappa shape index (κ3) is 4.23. The van der Waals surface area contributed by atoms with Crippen molar-refractivity contribution in [2.24, 2.45) is 0 Å². The van der Waals surface area contributed by atoms with Crippen LogP contribution in [0.15, 0.2) is 59.8 Å². The summed E-state index contributed by atoms with van der Waals surface area (Å²) in [5.41, 5.74) is 6.19. The fraction of sp³-hybridized carbons (Fsp3) is 0.200. The van der Waals surface area contributed by atoms with E-state index < -0.39 is 5.97 Å². The Kier molecular flexibility index (Phi) is 6.24. The van der Waals surface area contributed by atoms with Crippen molar-refractivity contribution in [3.05, 3.63) is 82.8 Å². The summed E-state index contributed by atoms with van der Waals surface area (Å²) >= 11 is 1.46. The van der Waals surface area contributed by atoms with Gasteiger partial charge in [0.25, 0.3) is 0 Å². The maximum Gasteiger partial charge on any atom is 0.340 e. The summed E-state index contributed by atoms with van der Waals surface area (Å²) in [7, 11) is 0. The molecule has 0 radical (unpaired) electrons. The first-order valence-corrected chi connectivity index (χ1v) is 11.2. The zero-order valence-corrected chi connectivity index (χ0v) is 18.9. The zero-order chi connectivity index (χ0) is 22.7. The number of aryl methyl sites for hydroxylation is 2. The van der Waals surface area contributed by atoms with Crippen LogP contribution in [0.1, 0.15) is 39.8 Å². The lowest BCUT2D eigenvalue weighted by Gasteiger charge is -2.10. The highest BCUT2D eigenvalue weighted by Crippen LogP contribution is 2.32. The third-order valence-electron chi connectivity index (χ3n) is 5.05. The van der Waals surface area contributed by atoms with E-state index in [0.29, 0.717) is 27.6 Å². The number of esters is 1. The Labute approximate surface area is 190 Å². The number of benzene rings is 1. The van der Waals surface area contributed by atoms with E-state index in [1.165, 1.54) is 11.8 Å². The number of carbonyl (C=O) groups is 1. The number of rotatable bonds is 6. The van der Waals surface area contributed by atoms with E-state index >= 15 is 0 Å². The molecular weight excluding hydrogens is 420 g/mol. The minimum atomic E-state index is -0.464. The number of thioether (sulfide) groups is 1. The van der Waals surface area contributed by atoms with E-state index in [-0.39, 0.29) is 6.61 Å². The van der Waals surface area contributed by atoms with Gasteiger partial charge >= 0.3 is 5.97 Å². The number of carbonyl (C=O) groups excluding carboxylic acids is 1. The van der Waals surface area contributed by atoms with E-state index in [2.05, 4.69) is 21.7 Å². The van der Waals surface area contributed by atoms with Gasteiger partial charge in [0, 0.05) is 17.5 Å². The number of nitriles is 1. The van der Waals surface area contributed by atoms with Crippen molar-refractivity contribution in [3.63, 3.8) is 0 Å². The zero-order valence-electron chi connectivity index (χ0n) is 18.1. The fourth-order valence-corrected chi connectivity index (χ4v) is 4.50. The second kappa shape index (κ2) is 9.25. The molecule has 160 valence electrons. The number of ether oxygens (including phenoxy) is 1. The summed E-state index contributed by atoms with van der Waals surface area (Å²) in [5, 5.41) is 10.3. The Balaban J connectivity index is 1.73. The summed E-state index contributed by atoms with van der Waals surface area (Å²) < 4.78 is 7.18. The number of imidazole rings is 1. The van der Waals surface area contributed by atoms with Crippen molar-refractivity contribution in [2.45, 2.75) is 31.6 Å². The van der Waals surface area contributed by atoms with Crippen LogP contribution < -0.4 is 0 Å². The van der Waals surface area contributed by atoms with Gasteiger partial charge in [-0.05, 0) is 38.5 Å². The highest BCUT2D eigenvalue weighted by molar-refractivity contribution is 7.98. The SMILES string of the molecule is CCOC(=O)c1cc(C#N)c(SCc2c(-c3ccccc3)nc3ccc(C)cn23)nc1C. The highest BCUT2D eigenvalue weighted by atomic mass is 32.2. The van der Waals surface area contributed by atoms with Crippen molar-refractivity contribution in [3.8, 4) is 17.3 Å². The van der Waals surface area contributed by atoms with Crippen LogP contribution in [0.4, 0.5) is 0 Å². The molecule has 0 unspecified atom stereocenters. The molecule has 0 fully saturated rings. The Morgan fingerprint density at radius 2 is 1.94 bits per heavy atom. The van der Waals surface area contributed by atoms with Gasteiger partial charge in [-0.25, -0.2) is 14.8 Å². The molecule has 3 aromatic heterocycles. The molecule has 7 heteroatoms. The highest BCUT2D eigenvalue weighted by Gasteiger charge is 2.19. The number of hydrogen-bond donors (Lipinski definition) is 0. The van der Waals surface area contributed by atoms with Crippen LogP contribution in [0.2, 0.25) is 0 Å². The van der Waals surface area contributed by atoms with Gasteiger partial charge in [0.1, 0.15) is 16.7 Å². The van der Waals surface area contributed by atoms with Crippen LogP contribution in [-0.2, 0) is 10.5 Å². The van der Waals surface area contributed by atoms with Crippen molar-refractivity contribution in [2.75, 3.05) is 6.61 Å². The van der Waals surface area contributed by atoms with Gasteiger partial charge in [-0.2, -0.15) is 5.26 Å². The molecular formula is C25H22N4O2S. The van der Waals surface area contributed by atoms with Crippen LogP contribution in [-0.4, -0.2) is 26.9 Å². The van der Waals surface area contributed by atoms with Crippen LogP contribution in [0.25, 0.3) is 16.9 Å². The van der Waals surface area contributed by atoms with Gasteiger partial charge in [-0.15, -0.1) is 0 Å². The average molecular weight is 443 g/mol. The topological polar surface area (TPSA) is 80.3 Å². The predicted molar refractivity (Wildman–Crippen MR) is 125 cm³/mol. The molecule has 0 saturated carbocycles.